The lowest BCUT2D eigenvalue weighted by Crippen LogP contribution is -2.44. The number of rotatable bonds is 4. The van der Waals surface area contributed by atoms with Crippen molar-refractivity contribution < 1.29 is 8.42 Å². The first-order valence-electron chi connectivity index (χ1n) is 5.38. The number of hydrogen-bond donors (Lipinski definition) is 0. The van der Waals surface area contributed by atoms with E-state index in [4.69, 9.17) is 0 Å². The van der Waals surface area contributed by atoms with E-state index in [9.17, 15) is 8.42 Å². The molecule has 1 heterocycles. The van der Waals surface area contributed by atoms with Gasteiger partial charge in [-0.1, -0.05) is 6.92 Å². The molecular weight excluding hydrogens is 322 g/mol. The number of sulfonamides is 1. The van der Waals surface area contributed by atoms with Crippen LogP contribution in [0.3, 0.4) is 0 Å². The Labute approximate surface area is 116 Å². The molecule has 0 amide bonds. The van der Waals surface area contributed by atoms with E-state index in [1.54, 1.807) is 13.1 Å². The number of thiophene rings is 1. The second-order valence-electron chi connectivity index (χ2n) is 4.66. The molecule has 0 bridgehead atoms. The molecule has 1 rings (SSSR count). The summed E-state index contributed by atoms with van der Waals surface area (Å²) >= 11 is 4.62. The molecule has 0 atom stereocenters. The van der Waals surface area contributed by atoms with E-state index in [-0.39, 0.29) is 5.54 Å². The van der Waals surface area contributed by atoms with Crippen LogP contribution in [0.25, 0.3) is 0 Å². The minimum Gasteiger partial charge on any atom is -0.206 e. The summed E-state index contributed by atoms with van der Waals surface area (Å²) in [6.45, 7) is 7.74. The van der Waals surface area contributed by atoms with Gasteiger partial charge in [0.1, 0.15) is 4.21 Å². The molecule has 3 nitrogen and oxygen atoms in total. The van der Waals surface area contributed by atoms with Crippen LogP contribution in [0.2, 0.25) is 0 Å². The van der Waals surface area contributed by atoms with Crippen molar-refractivity contribution in [3.05, 3.63) is 15.4 Å². The summed E-state index contributed by atoms with van der Waals surface area (Å²) in [5, 5.41) is 0. The summed E-state index contributed by atoms with van der Waals surface area (Å²) < 4.78 is 27.6. The van der Waals surface area contributed by atoms with Crippen LogP contribution in [0, 0.1) is 6.92 Å². The van der Waals surface area contributed by atoms with Gasteiger partial charge in [-0.2, -0.15) is 4.31 Å². The Morgan fingerprint density at radius 3 is 2.35 bits per heavy atom. The van der Waals surface area contributed by atoms with E-state index in [0.29, 0.717) is 4.21 Å². The highest BCUT2D eigenvalue weighted by atomic mass is 79.9. The van der Waals surface area contributed by atoms with Crippen LogP contribution in [-0.4, -0.2) is 25.3 Å². The van der Waals surface area contributed by atoms with E-state index in [1.807, 2.05) is 27.7 Å². The Hall–Kier alpha value is 0.0900. The van der Waals surface area contributed by atoms with Crippen molar-refractivity contribution in [2.75, 3.05) is 7.05 Å². The predicted octanol–water partition coefficient (Wildman–Crippen LogP) is 3.63. The van der Waals surface area contributed by atoms with Gasteiger partial charge < -0.3 is 0 Å². The maximum absolute atomic E-state index is 12.4. The van der Waals surface area contributed by atoms with E-state index in [1.165, 1.54) is 15.6 Å². The summed E-state index contributed by atoms with van der Waals surface area (Å²) in [6.07, 6.45) is 0.772. The van der Waals surface area contributed by atoms with Gasteiger partial charge in [0, 0.05) is 12.6 Å². The first-order chi connectivity index (χ1) is 7.63. The van der Waals surface area contributed by atoms with Crippen molar-refractivity contribution in [2.45, 2.75) is 43.9 Å². The van der Waals surface area contributed by atoms with Gasteiger partial charge in [-0.25, -0.2) is 8.42 Å². The zero-order valence-electron chi connectivity index (χ0n) is 10.7. The number of hydrogen-bond acceptors (Lipinski definition) is 3. The quantitative estimate of drug-likeness (QED) is 0.839. The maximum atomic E-state index is 12.4. The molecule has 17 heavy (non-hydrogen) atoms. The summed E-state index contributed by atoms with van der Waals surface area (Å²) in [5.41, 5.74) is 0.583. The highest BCUT2D eigenvalue weighted by Crippen LogP contribution is 2.34. The maximum Gasteiger partial charge on any atom is 0.252 e. The van der Waals surface area contributed by atoms with Crippen molar-refractivity contribution in [3.8, 4) is 0 Å². The van der Waals surface area contributed by atoms with Gasteiger partial charge in [0.25, 0.3) is 10.0 Å². The minimum atomic E-state index is -3.39. The van der Waals surface area contributed by atoms with Gasteiger partial charge in [-0.15, -0.1) is 11.3 Å². The number of nitrogens with zero attached hydrogens (tertiary/aromatic N) is 1. The van der Waals surface area contributed by atoms with Crippen molar-refractivity contribution in [1.29, 1.82) is 0 Å². The molecule has 0 fully saturated rings. The molecule has 0 aliphatic carbocycles. The van der Waals surface area contributed by atoms with Gasteiger partial charge in [0.15, 0.2) is 0 Å². The minimum absolute atomic E-state index is 0.372. The molecule has 0 radical (unpaired) electrons. The molecule has 0 aliphatic heterocycles. The van der Waals surface area contributed by atoms with E-state index >= 15 is 0 Å². The second kappa shape index (κ2) is 4.99. The van der Waals surface area contributed by atoms with Crippen LogP contribution in [-0.2, 0) is 10.0 Å². The zero-order chi connectivity index (χ0) is 13.4. The molecule has 0 aliphatic rings. The predicted molar refractivity (Wildman–Crippen MR) is 76.1 cm³/mol. The summed E-state index contributed by atoms with van der Waals surface area (Å²) in [6, 6.07) is 1.71. The standard InChI is InChI=1S/C11H18BrNO2S2/c1-6-11(3,4)13(5)17(14,15)9-7-8(2)10(12)16-9/h7H,6H2,1-5H3. The lowest BCUT2D eigenvalue weighted by atomic mass is 10.0. The van der Waals surface area contributed by atoms with Crippen molar-refractivity contribution in [3.63, 3.8) is 0 Å². The molecule has 98 valence electrons. The molecule has 0 unspecified atom stereocenters. The van der Waals surface area contributed by atoms with Gasteiger partial charge >= 0.3 is 0 Å². The highest BCUT2D eigenvalue weighted by molar-refractivity contribution is 9.11. The molecule has 0 N–H and O–H groups in total. The normalized spacial score (nSPS) is 13.4. The average molecular weight is 340 g/mol. The molecule has 0 aromatic carbocycles. The molecule has 1 aromatic rings. The third-order valence-corrected chi connectivity index (χ3v) is 7.82. The Morgan fingerprint density at radius 1 is 1.47 bits per heavy atom. The number of halogens is 1. The Kier molecular flexibility index (Phi) is 4.45. The third kappa shape index (κ3) is 2.92. The Balaban J connectivity index is 3.20. The van der Waals surface area contributed by atoms with Crippen LogP contribution >= 0.6 is 27.3 Å². The molecule has 1 aromatic heterocycles. The summed E-state index contributed by atoms with van der Waals surface area (Å²) in [7, 11) is -1.75. The zero-order valence-corrected chi connectivity index (χ0v) is 14.0. The van der Waals surface area contributed by atoms with Crippen LogP contribution in [0.4, 0.5) is 0 Å². The highest BCUT2D eigenvalue weighted by Gasteiger charge is 2.33. The lowest BCUT2D eigenvalue weighted by Gasteiger charge is -2.33. The van der Waals surface area contributed by atoms with Gasteiger partial charge in [-0.05, 0) is 54.8 Å². The van der Waals surface area contributed by atoms with E-state index in [2.05, 4.69) is 15.9 Å². The smallest absolute Gasteiger partial charge is 0.206 e. The van der Waals surface area contributed by atoms with Gasteiger partial charge in [0.05, 0.1) is 3.79 Å². The van der Waals surface area contributed by atoms with Gasteiger partial charge in [0.2, 0.25) is 0 Å². The largest absolute Gasteiger partial charge is 0.252 e. The summed E-state index contributed by atoms with van der Waals surface area (Å²) in [5.74, 6) is 0. The molecule has 0 saturated carbocycles. The third-order valence-electron chi connectivity index (χ3n) is 3.17. The van der Waals surface area contributed by atoms with Crippen molar-refractivity contribution in [1.82, 2.24) is 4.31 Å². The Bertz CT molecular complexity index is 486. The van der Waals surface area contributed by atoms with Crippen LogP contribution in [0.15, 0.2) is 14.1 Å². The molecule has 0 spiro atoms. The van der Waals surface area contributed by atoms with E-state index < -0.39 is 10.0 Å². The van der Waals surface area contributed by atoms with Crippen molar-refractivity contribution in [2.24, 2.45) is 0 Å². The van der Waals surface area contributed by atoms with E-state index in [0.717, 1.165) is 15.8 Å². The fraction of sp³-hybridized carbons (Fsp3) is 0.636. The fourth-order valence-electron chi connectivity index (χ4n) is 1.24. The SMILES string of the molecule is CCC(C)(C)N(C)S(=O)(=O)c1cc(C)c(Br)s1. The topological polar surface area (TPSA) is 37.4 Å². The first kappa shape index (κ1) is 15.1. The fourth-order valence-corrected chi connectivity index (χ4v) is 5.22. The summed E-state index contributed by atoms with van der Waals surface area (Å²) in [4.78, 5) is 0. The van der Waals surface area contributed by atoms with Crippen LogP contribution < -0.4 is 0 Å². The monoisotopic (exact) mass is 339 g/mol. The molecular formula is C11H18BrNO2S2. The first-order valence-corrected chi connectivity index (χ1v) is 8.43. The molecule has 0 saturated heterocycles. The molecule has 6 heteroatoms. The number of aryl methyl sites for hydroxylation is 1. The van der Waals surface area contributed by atoms with Crippen molar-refractivity contribution >= 4 is 37.3 Å². The Morgan fingerprint density at radius 2 is 2.00 bits per heavy atom. The second-order valence-corrected chi connectivity index (χ2v) is 9.23. The van der Waals surface area contributed by atoms with Gasteiger partial charge in [-0.3, -0.25) is 0 Å². The van der Waals surface area contributed by atoms with Crippen LogP contribution in [0.5, 0.6) is 0 Å². The lowest BCUT2D eigenvalue weighted by molar-refractivity contribution is 0.257. The average Bonchev–Trinajstić information content (AvgIpc) is 2.58. The van der Waals surface area contributed by atoms with Crippen LogP contribution in [0.1, 0.15) is 32.8 Å².